The van der Waals surface area contributed by atoms with Gasteiger partial charge in [-0.1, -0.05) is 68.4 Å². The van der Waals surface area contributed by atoms with Crippen molar-refractivity contribution in [1.29, 1.82) is 0 Å². The summed E-state index contributed by atoms with van der Waals surface area (Å²) in [6.07, 6.45) is 1.44. The van der Waals surface area contributed by atoms with Gasteiger partial charge in [-0.2, -0.15) is 0 Å². The lowest BCUT2D eigenvalue weighted by Crippen LogP contribution is -2.42. The van der Waals surface area contributed by atoms with Crippen LogP contribution in [0.3, 0.4) is 0 Å². The predicted molar refractivity (Wildman–Crippen MR) is 107 cm³/mol. The van der Waals surface area contributed by atoms with E-state index in [1.54, 1.807) is 0 Å². The first-order valence-corrected chi connectivity index (χ1v) is 9.94. The van der Waals surface area contributed by atoms with Crippen LogP contribution in [0, 0.1) is 17.8 Å². The first kappa shape index (κ1) is 19.6. The van der Waals surface area contributed by atoms with Gasteiger partial charge in [0.15, 0.2) is 0 Å². The Bertz CT molecular complexity index is 753. The molecule has 0 spiro atoms. The van der Waals surface area contributed by atoms with Crippen LogP contribution in [0.25, 0.3) is 0 Å². The molecule has 3 nitrogen and oxygen atoms in total. The minimum Gasteiger partial charge on any atom is -0.458 e. The van der Waals surface area contributed by atoms with Crippen LogP contribution in [-0.2, 0) is 16.0 Å². The number of hydrogen-bond donors (Lipinski definition) is 1. The molecule has 0 amide bonds. The van der Waals surface area contributed by atoms with Gasteiger partial charge < -0.3 is 9.84 Å². The summed E-state index contributed by atoms with van der Waals surface area (Å²) in [4.78, 5) is 12.8. The molecule has 1 aliphatic carbocycles. The number of rotatable bonds is 7. The second-order valence-corrected chi connectivity index (χ2v) is 8.14. The zero-order valence-electron chi connectivity index (χ0n) is 16.5. The minimum atomic E-state index is -0.269. The van der Waals surface area contributed by atoms with E-state index in [-0.39, 0.29) is 36.4 Å². The third-order valence-electron chi connectivity index (χ3n) is 5.58. The van der Waals surface area contributed by atoms with Gasteiger partial charge in [0.25, 0.3) is 0 Å². The highest BCUT2D eigenvalue weighted by Gasteiger charge is 2.46. The van der Waals surface area contributed by atoms with Crippen LogP contribution in [0.1, 0.15) is 55.9 Å². The van der Waals surface area contributed by atoms with E-state index in [0.29, 0.717) is 12.3 Å². The molecule has 4 unspecified atom stereocenters. The van der Waals surface area contributed by atoms with Crippen molar-refractivity contribution in [3.8, 4) is 0 Å². The zero-order valence-corrected chi connectivity index (χ0v) is 16.5. The third kappa shape index (κ3) is 4.59. The summed E-state index contributed by atoms with van der Waals surface area (Å²) in [5.74, 6) is 0.439. The van der Waals surface area contributed by atoms with Gasteiger partial charge in [0.2, 0.25) is 0 Å². The molecule has 3 heteroatoms. The van der Waals surface area contributed by atoms with Crippen molar-refractivity contribution in [2.24, 2.45) is 17.8 Å². The Hall–Kier alpha value is -2.13. The average molecular weight is 367 g/mol. The maximum atomic E-state index is 12.8. The van der Waals surface area contributed by atoms with Crippen molar-refractivity contribution in [1.82, 2.24) is 0 Å². The fraction of sp³-hybridized carbons (Fsp3) is 0.458. The number of carbonyl (C=O) groups is 1. The molecule has 4 atom stereocenters. The van der Waals surface area contributed by atoms with E-state index in [1.807, 2.05) is 49.4 Å². The van der Waals surface area contributed by atoms with Crippen molar-refractivity contribution < 1.29 is 14.6 Å². The van der Waals surface area contributed by atoms with Gasteiger partial charge in [0.1, 0.15) is 6.10 Å². The molecule has 1 N–H and O–H groups in total. The lowest BCUT2D eigenvalue weighted by Gasteiger charge is -2.43. The molecule has 0 aliphatic heterocycles. The van der Waals surface area contributed by atoms with Crippen molar-refractivity contribution in [3.05, 3.63) is 71.3 Å². The van der Waals surface area contributed by atoms with Crippen molar-refractivity contribution in [3.63, 3.8) is 0 Å². The number of hydrogen-bond acceptors (Lipinski definition) is 3. The molecule has 0 radical (unpaired) electrons. The molecule has 1 saturated carbocycles. The quantitative estimate of drug-likeness (QED) is 0.709. The largest absolute Gasteiger partial charge is 0.458 e. The summed E-state index contributed by atoms with van der Waals surface area (Å²) in [7, 11) is 0. The molecule has 1 fully saturated rings. The maximum Gasteiger partial charge on any atom is 0.310 e. The smallest absolute Gasteiger partial charge is 0.310 e. The van der Waals surface area contributed by atoms with Gasteiger partial charge in [0, 0.05) is 12.5 Å². The molecule has 0 aromatic heterocycles. The zero-order chi connectivity index (χ0) is 19.4. The molecule has 0 heterocycles. The summed E-state index contributed by atoms with van der Waals surface area (Å²) in [6.45, 7) is 6.45. The van der Waals surface area contributed by atoms with E-state index in [2.05, 4.69) is 26.0 Å². The Morgan fingerprint density at radius 3 is 2.52 bits per heavy atom. The molecule has 2 aromatic carbocycles. The van der Waals surface area contributed by atoms with E-state index in [0.717, 1.165) is 17.5 Å². The summed E-state index contributed by atoms with van der Waals surface area (Å²) in [5.41, 5.74) is 3.42. The molecule has 27 heavy (non-hydrogen) atoms. The molecular weight excluding hydrogens is 336 g/mol. The van der Waals surface area contributed by atoms with E-state index in [4.69, 9.17) is 4.74 Å². The SMILES string of the molecule is CC(C)Cc1cccc(C(C)OC(=O)C2CC(CO)C2c2ccccc2)c1. The van der Waals surface area contributed by atoms with E-state index in [1.165, 1.54) is 5.56 Å². The van der Waals surface area contributed by atoms with Crippen LogP contribution in [-0.4, -0.2) is 17.7 Å². The Morgan fingerprint density at radius 1 is 1.11 bits per heavy atom. The maximum absolute atomic E-state index is 12.8. The van der Waals surface area contributed by atoms with Crippen molar-refractivity contribution >= 4 is 5.97 Å². The highest BCUT2D eigenvalue weighted by molar-refractivity contribution is 5.75. The summed E-state index contributed by atoms with van der Waals surface area (Å²) < 4.78 is 5.82. The molecule has 3 rings (SSSR count). The van der Waals surface area contributed by atoms with Gasteiger partial charge in [-0.05, 0) is 48.3 Å². The molecule has 0 bridgehead atoms. The highest BCUT2D eigenvalue weighted by Crippen LogP contribution is 2.48. The Kier molecular flexibility index (Phi) is 6.33. The Balaban J connectivity index is 1.68. The van der Waals surface area contributed by atoms with Gasteiger partial charge in [-0.25, -0.2) is 0 Å². The normalized spacial score (nSPS) is 22.9. The average Bonchev–Trinajstić information content (AvgIpc) is 2.62. The molecule has 144 valence electrons. The topological polar surface area (TPSA) is 46.5 Å². The minimum absolute atomic E-state index is 0.0446. The van der Waals surface area contributed by atoms with Crippen LogP contribution >= 0.6 is 0 Å². The molecule has 2 aromatic rings. The first-order valence-electron chi connectivity index (χ1n) is 9.94. The van der Waals surface area contributed by atoms with Gasteiger partial charge in [0.05, 0.1) is 5.92 Å². The van der Waals surface area contributed by atoms with Crippen LogP contribution in [0.15, 0.2) is 54.6 Å². The summed E-state index contributed by atoms with van der Waals surface area (Å²) in [5, 5.41) is 9.63. The van der Waals surface area contributed by atoms with E-state index in [9.17, 15) is 9.90 Å². The summed E-state index contributed by atoms with van der Waals surface area (Å²) >= 11 is 0. The second kappa shape index (κ2) is 8.71. The van der Waals surface area contributed by atoms with Crippen LogP contribution in [0.5, 0.6) is 0 Å². The second-order valence-electron chi connectivity index (χ2n) is 8.14. The fourth-order valence-corrected chi connectivity index (χ4v) is 4.14. The van der Waals surface area contributed by atoms with E-state index >= 15 is 0 Å². The van der Waals surface area contributed by atoms with Crippen LogP contribution in [0.2, 0.25) is 0 Å². The molecule has 1 aliphatic rings. The number of aliphatic hydroxyl groups is 1. The third-order valence-corrected chi connectivity index (χ3v) is 5.58. The van der Waals surface area contributed by atoms with Crippen molar-refractivity contribution in [2.45, 2.75) is 45.6 Å². The Labute approximate surface area is 162 Å². The number of esters is 1. The Morgan fingerprint density at radius 2 is 1.85 bits per heavy atom. The monoisotopic (exact) mass is 366 g/mol. The standard InChI is InChI=1S/C24H30O3/c1-16(2)12-18-8-7-11-20(13-18)17(3)27-24(26)22-14-21(15-25)23(22)19-9-5-4-6-10-19/h4-11,13,16-17,21-23,25H,12,14-15H2,1-3H3. The van der Waals surface area contributed by atoms with Gasteiger partial charge in [-0.3, -0.25) is 4.79 Å². The van der Waals surface area contributed by atoms with Crippen LogP contribution < -0.4 is 0 Å². The highest BCUT2D eigenvalue weighted by atomic mass is 16.5. The summed E-state index contributed by atoms with van der Waals surface area (Å²) in [6, 6.07) is 18.3. The number of carbonyl (C=O) groups excluding carboxylic acids is 1. The molecular formula is C24H30O3. The number of ether oxygens (including phenoxy) is 1. The van der Waals surface area contributed by atoms with Gasteiger partial charge >= 0.3 is 5.97 Å². The lowest BCUT2D eigenvalue weighted by molar-refractivity contribution is -0.161. The lowest BCUT2D eigenvalue weighted by atomic mass is 9.62. The number of benzene rings is 2. The fourth-order valence-electron chi connectivity index (χ4n) is 4.14. The van der Waals surface area contributed by atoms with Crippen LogP contribution in [0.4, 0.5) is 0 Å². The van der Waals surface area contributed by atoms with E-state index < -0.39 is 0 Å². The molecule has 0 saturated heterocycles. The first-order chi connectivity index (χ1) is 13.0. The van der Waals surface area contributed by atoms with Gasteiger partial charge in [-0.15, -0.1) is 0 Å². The predicted octanol–water partition coefficient (Wildman–Crippen LogP) is 4.90. The number of aliphatic hydroxyl groups excluding tert-OH is 1. The van der Waals surface area contributed by atoms with Crippen molar-refractivity contribution in [2.75, 3.05) is 6.61 Å².